The number of rotatable bonds is 2. The lowest BCUT2D eigenvalue weighted by Gasteiger charge is -2.19. The Labute approximate surface area is 128 Å². The topological polar surface area (TPSA) is 12.0 Å². The van der Waals surface area contributed by atoms with Gasteiger partial charge in [-0.2, -0.15) is 0 Å². The number of nitrogens with one attached hydrogen (secondary N) is 1. The van der Waals surface area contributed by atoms with Gasteiger partial charge in [0.1, 0.15) is 0 Å². The predicted octanol–water partition coefficient (Wildman–Crippen LogP) is 4.79. The fourth-order valence-electron chi connectivity index (χ4n) is 3.81. The zero-order valence-corrected chi connectivity index (χ0v) is 13.8. The maximum absolute atomic E-state index is 3.45. The molecule has 1 unspecified atom stereocenters. The van der Waals surface area contributed by atoms with Crippen LogP contribution in [0.2, 0.25) is 0 Å². The first kappa shape index (κ1) is 14.3. The van der Waals surface area contributed by atoms with Gasteiger partial charge in [-0.1, -0.05) is 24.3 Å². The Morgan fingerprint density at radius 1 is 1.00 bits per heavy atom. The number of benzene rings is 2. The smallest absolute Gasteiger partial charge is 0.0323 e. The minimum atomic E-state index is 0.520. The summed E-state index contributed by atoms with van der Waals surface area (Å²) in [5.74, 6) is 0. The van der Waals surface area contributed by atoms with Crippen molar-refractivity contribution < 1.29 is 0 Å². The zero-order valence-electron chi connectivity index (χ0n) is 13.8. The van der Waals surface area contributed by atoms with Gasteiger partial charge >= 0.3 is 0 Å². The summed E-state index contributed by atoms with van der Waals surface area (Å²) >= 11 is 0. The number of hydrogen-bond acceptors (Lipinski definition) is 1. The molecular formula is C20H25N. The second-order valence-electron chi connectivity index (χ2n) is 6.39. The zero-order chi connectivity index (χ0) is 15.1. The van der Waals surface area contributed by atoms with E-state index in [2.05, 4.69) is 64.3 Å². The minimum absolute atomic E-state index is 0.520. The molecule has 0 aromatic heterocycles. The molecule has 1 aliphatic rings. The summed E-state index contributed by atoms with van der Waals surface area (Å²) in [6.45, 7) is 8.98. The first-order valence-electron chi connectivity index (χ1n) is 7.91. The molecule has 0 fully saturated rings. The highest BCUT2D eigenvalue weighted by molar-refractivity contribution is 5.77. The fraction of sp³-hybridized carbons (Fsp3) is 0.400. The van der Waals surface area contributed by atoms with E-state index in [1.165, 1.54) is 51.8 Å². The molecule has 0 saturated carbocycles. The number of aryl methyl sites for hydroxylation is 2. The third-order valence-electron chi connectivity index (χ3n) is 5.25. The van der Waals surface area contributed by atoms with E-state index >= 15 is 0 Å². The standard InChI is InChI=1S/C20H25N/c1-12-11-13(2)15(4)20(14(12)3)18-8-6-7-17-16(18)9-10-19(17)21-5/h6-8,11,19,21H,9-10H2,1-5H3. The van der Waals surface area contributed by atoms with E-state index in [-0.39, 0.29) is 0 Å². The van der Waals surface area contributed by atoms with Crippen molar-refractivity contribution in [2.75, 3.05) is 7.05 Å². The van der Waals surface area contributed by atoms with Crippen molar-refractivity contribution in [1.82, 2.24) is 5.32 Å². The summed E-state index contributed by atoms with van der Waals surface area (Å²) < 4.78 is 0. The van der Waals surface area contributed by atoms with Crippen LogP contribution in [-0.4, -0.2) is 7.05 Å². The van der Waals surface area contributed by atoms with Crippen LogP contribution in [0.15, 0.2) is 24.3 Å². The fourth-order valence-corrected chi connectivity index (χ4v) is 3.81. The number of hydrogen-bond donors (Lipinski definition) is 1. The maximum atomic E-state index is 3.45. The molecular weight excluding hydrogens is 254 g/mol. The molecule has 21 heavy (non-hydrogen) atoms. The van der Waals surface area contributed by atoms with E-state index in [9.17, 15) is 0 Å². The van der Waals surface area contributed by atoms with Crippen LogP contribution in [0, 0.1) is 27.7 Å². The lowest BCUT2D eigenvalue weighted by atomic mass is 9.86. The summed E-state index contributed by atoms with van der Waals surface area (Å²) in [5.41, 5.74) is 11.6. The molecule has 0 bridgehead atoms. The van der Waals surface area contributed by atoms with Crippen LogP contribution in [0.3, 0.4) is 0 Å². The lowest BCUT2D eigenvalue weighted by Crippen LogP contribution is -2.12. The van der Waals surface area contributed by atoms with E-state index in [1.807, 2.05) is 0 Å². The summed E-state index contributed by atoms with van der Waals surface area (Å²) in [5, 5.41) is 3.45. The Morgan fingerprint density at radius 2 is 1.67 bits per heavy atom. The van der Waals surface area contributed by atoms with Crippen LogP contribution in [0.5, 0.6) is 0 Å². The maximum Gasteiger partial charge on any atom is 0.0323 e. The van der Waals surface area contributed by atoms with Gasteiger partial charge in [-0.05, 0) is 92.1 Å². The van der Waals surface area contributed by atoms with Gasteiger partial charge in [0.2, 0.25) is 0 Å². The third kappa shape index (κ3) is 2.20. The Hall–Kier alpha value is -1.60. The van der Waals surface area contributed by atoms with Gasteiger partial charge in [0, 0.05) is 6.04 Å². The highest BCUT2D eigenvalue weighted by Crippen LogP contribution is 2.40. The molecule has 1 heteroatoms. The summed E-state index contributed by atoms with van der Waals surface area (Å²) in [6, 6.07) is 9.66. The van der Waals surface area contributed by atoms with Crippen molar-refractivity contribution in [1.29, 1.82) is 0 Å². The van der Waals surface area contributed by atoms with Crippen molar-refractivity contribution in [2.45, 2.75) is 46.6 Å². The van der Waals surface area contributed by atoms with Crippen LogP contribution in [0.4, 0.5) is 0 Å². The molecule has 0 amide bonds. The molecule has 110 valence electrons. The first-order chi connectivity index (χ1) is 10.0. The molecule has 2 aromatic rings. The Morgan fingerprint density at radius 3 is 2.29 bits per heavy atom. The van der Waals surface area contributed by atoms with Gasteiger partial charge in [-0.25, -0.2) is 0 Å². The van der Waals surface area contributed by atoms with E-state index in [1.54, 1.807) is 5.56 Å². The molecule has 0 aliphatic heterocycles. The van der Waals surface area contributed by atoms with Gasteiger partial charge in [-0.15, -0.1) is 0 Å². The first-order valence-corrected chi connectivity index (χ1v) is 7.91. The summed E-state index contributed by atoms with van der Waals surface area (Å²) in [6.07, 6.45) is 2.40. The second kappa shape index (κ2) is 5.31. The SMILES string of the molecule is CNC1CCc2c(-c3c(C)c(C)cc(C)c3C)cccc21. The minimum Gasteiger partial charge on any atom is -0.313 e. The Bertz CT molecular complexity index is 671. The normalized spacial score (nSPS) is 17.1. The second-order valence-corrected chi connectivity index (χ2v) is 6.39. The lowest BCUT2D eigenvalue weighted by molar-refractivity contribution is 0.590. The van der Waals surface area contributed by atoms with Crippen molar-refractivity contribution >= 4 is 0 Å². The molecule has 0 saturated heterocycles. The van der Waals surface area contributed by atoms with Gasteiger partial charge < -0.3 is 5.32 Å². The highest BCUT2D eigenvalue weighted by atomic mass is 14.9. The molecule has 1 nitrogen and oxygen atoms in total. The summed E-state index contributed by atoms with van der Waals surface area (Å²) in [4.78, 5) is 0. The average molecular weight is 279 g/mol. The monoisotopic (exact) mass is 279 g/mol. The highest BCUT2D eigenvalue weighted by Gasteiger charge is 2.24. The molecule has 0 radical (unpaired) electrons. The van der Waals surface area contributed by atoms with E-state index in [4.69, 9.17) is 0 Å². The van der Waals surface area contributed by atoms with Crippen molar-refractivity contribution in [3.8, 4) is 11.1 Å². The van der Waals surface area contributed by atoms with Crippen molar-refractivity contribution in [2.24, 2.45) is 0 Å². The van der Waals surface area contributed by atoms with Crippen LogP contribution < -0.4 is 5.32 Å². The van der Waals surface area contributed by atoms with Gasteiger partial charge in [0.05, 0.1) is 0 Å². The summed E-state index contributed by atoms with van der Waals surface area (Å²) in [7, 11) is 2.07. The van der Waals surface area contributed by atoms with Crippen molar-refractivity contribution in [3.05, 3.63) is 57.6 Å². The predicted molar refractivity (Wildman–Crippen MR) is 90.9 cm³/mol. The average Bonchev–Trinajstić information content (AvgIpc) is 2.89. The van der Waals surface area contributed by atoms with E-state index in [0.29, 0.717) is 6.04 Å². The molecule has 0 spiro atoms. The molecule has 1 N–H and O–H groups in total. The quantitative estimate of drug-likeness (QED) is 0.833. The van der Waals surface area contributed by atoms with Crippen LogP contribution in [0.25, 0.3) is 11.1 Å². The third-order valence-corrected chi connectivity index (χ3v) is 5.25. The molecule has 1 aliphatic carbocycles. The Kier molecular flexibility index (Phi) is 3.62. The van der Waals surface area contributed by atoms with Crippen LogP contribution >= 0.6 is 0 Å². The number of fused-ring (bicyclic) bond motifs is 1. The van der Waals surface area contributed by atoms with Gasteiger partial charge in [-0.3, -0.25) is 0 Å². The largest absolute Gasteiger partial charge is 0.313 e. The Balaban J connectivity index is 2.27. The van der Waals surface area contributed by atoms with Crippen molar-refractivity contribution in [3.63, 3.8) is 0 Å². The van der Waals surface area contributed by atoms with E-state index < -0.39 is 0 Å². The molecule has 3 rings (SSSR count). The van der Waals surface area contributed by atoms with Crippen LogP contribution in [-0.2, 0) is 6.42 Å². The van der Waals surface area contributed by atoms with Gasteiger partial charge in [0.25, 0.3) is 0 Å². The van der Waals surface area contributed by atoms with Crippen LogP contribution in [0.1, 0.15) is 45.8 Å². The molecule has 2 aromatic carbocycles. The molecule has 1 atom stereocenters. The van der Waals surface area contributed by atoms with E-state index in [0.717, 1.165) is 0 Å². The molecule has 0 heterocycles. The van der Waals surface area contributed by atoms with Gasteiger partial charge in [0.15, 0.2) is 0 Å².